The molecular formula is C17H23NOS. The molecule has 3 heteroatoms. The van der Waals surface area contributed by atoms with Gasteiger partial charge in [-0.3, -0.25) is 0 Å². The SMILES string of the molecule is CSC(C)(C)CNC(C)c1ccc2ccccc2c1O. The Morgan fingerprint density at radius 3 is 2.60 bits per heavy atom. The summed E-state index contributed by atoms with van der Waals surface area (Å²) >= 11 is 1.85. The van der Waals surface area contributed by atoms with Crippen molar-refractivity contribution in [1.29, 1.82) is 0 Å². The van der Waals surface area contributed by atoms with Gasteiger partial charge in [-0.15, -0.1) is 0 Å². The maximum atomic E-state index is 10.5. The van der Waals surface area contributed by atoms with Crippen molar-refractivity contribution >= 4 is 22.5 Å². The molecule has 0 heterocycles. The molecule has 0 aromatic heterocycles. The number of aromatic hydroxyl groups is 1. The third kappa shape index (κ3) is 3.28. The van der Waals surface area contributed by atoms with Gasteiger partial charge in [-0.1, -0.05) is 36.4 Å². The number of fused-ring (bicyclic) bond motifs is 1. The summed E-state index contributed by atoms with van der Waals surface area (Å²) in [6.07, 6.45) is 2.12. The monoisotopic (exact) mass is 289 g/mol. The first-order chi connectivity index (χ1) is 9.44. The van der Waals surface area contributed by atoms with E-state index in [1.165, 1.54) is 0 Å². The van der Waals surface area contributed by atoms with E-state index < -0.39 is 0 Å². The van der Waals surface area contributed by atoms with Crippen LogP contribution in [0.1, 0.15) is 32.4 Å². The van der Waals surface area contributed by atoms with Gasteiger partial charge in [-0.05, 0) is 32.4 Å². The topological polar surface area (TPSA) is 32.3 Å². The Labute approximate surface area is 125 Å². The number of phenolic OH excluding ortho intramolecular Hbond substituents is 1. The number of benzene rings is 2. The molecule has 108 valence electrons. The summed E-state index contributed by atoms with van der Waals surface area (Å²) in [7, 11) is 0. The van der Waals surface area contributed by atoms with Gasteiger partial charge in [0.05, 0.1) is 0 Å². The molecular weight excluding hydrogens is 266 g/mol. The first-order valence-corrected chi connectivity index (χ1v) is 8.16. The highest BCUT2D eigenvalue weighted by atomic mass is 32.2. The fourth-order valence-corrected chi connectivity index (χ4v) is 2.43. The average molecular weight is 289 g/mol. The summed E-state index contributed by atoms with van der Waals surface area (Å²) in [5.41, 5.74) is 0.959. The average Bonchev–Trinajstić information content (AvgIpc) is 2.45. The summed E-state index contributed by atoms with van der Waals surface area (Å²) in [5, 5.41) is 16.0. The minimum atomic E-state index is 0.131. The van der Waals surface area contributed by atoms with Crippen LogP contribution in [-0.4, -0.2) is 22.7 Å². The van der Waals surface area contributed by atoms with Crippen molar-refractivity contribution < 1.29 is 5.11 Å². The molecule has 0 aliphatic rings. The Kier molecular flexibility index (Phi) is 4.61. The fourth-order valence-electron chi connectivity index (χ4n) is 2.20. The molecule has 0 spiro atoms. The molecule has 2 nitrogen and oxygen atoms in total. The standard InChI is InChI=1S/C17H23NOS/c1-12(18-11-17(2,3)20-4)14-10-9-13-7-5-6-8-15(13)16(14)19/h5-10,12,18-19H,11H2,1-4H3. The van der Waals surface area contributed by atoms with Gasteiger partial charge in [-0.2, -0.15) is 11.8 Å². The van der Waals surface area contributed by atoms with Crippen LogP contribution in [0.5, 0.6) is 5.75 Å². The predicted octanol–water partition coefficient (Wildman–Crippen LogP) is 4.34. The summed E-state index contributed by atoms with van der Waals surface area (Å²) in [6.45, 7) is 7.44. The van der Waals surface area contributed by atoms with E-state index in [0.29, 0.717) is 5.75 Å². The van der Waals surface area contributed by atoms with E-state index >= 15 is 0 Å². The number of phenols is 1. The molecule has 0 aliphatic heterocycles. The van der Waals surface area contributed by atoms with E-state index in [-0.39, 0.29) is 10.8 Å². The van der Waals surface area contributed by atoms with E-state index in [1.807, 2.05) is 42.1 Å². The maximum absolute atomic E-state index is 10.5. The van der Waals surface area contributed by atoms with Crippen LogP contribution in [0.2, 0.25) is 0 Å². The zero-order valence-electron chi connectivity index (χ0n) is 12.6. The summed E-state index contributed by atoms with van der Waals surface area (Å²) < 4.78 is 0.195. The van der Waals surface area contributed by atoms with Crippen molar-refractivity contribution in [2.75, 3.05) is 12.8 Å². The predicted molar refractivity (Wildman–Crippen MR) is 89.6 cm³/mol. The molecule has 1 atom stereocenters. The number of hydrogen-bond donors (Lipinski definition) is 2. The van der Waals surface area contributed by atoms with Crippen LogP contribution in [-0.2, 0) is 0 Å². The zero-order chi connectivity index (χ0) is 14.8. The quantitative estimate of drug-likeness (QED) is 0.859. The van der Waals surface area contributed by atoms with Gasteiger partial charge in [0, 0.05) is 28.3 Å². The first kappa shape index (κ1) is 15.2. The second-order valence-corrected chi connectivity index (χ2v) is 7.30. The van der Waals surface area contributed by atoms with Crippen LogP contribution in [0.15, 0.2) is 36.4 Å². The summed E-state index contributed by atoms with van der Waals surface area (Å²) in [5.74, 6) is 0.394. The summed E-state index contributed by atoms with van der Waals surface area (Å²) in [4.78, 5) is 0. The molecule has 0 fully saturated rings. The minimum Gasteiger partial charge on any atom is -0.507 e. The Morgan fingerprint density at radius 1 is 1.20 bits per heavy atom. The van der Waals surface area contributed by atoms with Crippen LogP contribution in [0, 0.1) is 0 Å². The van der Waals surface area contributed by atoms with Crippen molar-refractivity contribution in [1.82, 2.24) is 5.32 Å². The summed E-state index contributed by atoms with van der Waals surface area (Å²) in [6, 6.07) is 12.2. The molecule has 0 saturated carbocycles. The number of nitrogens with one attached hydrogen (secondary N) is 1. The van der Waals surface area contributed by atoms with Crippen molar-refractivity contribution in [3.63, 3.8) is 0 Å². The fraction of sp³-hybridized carbons (Fsp3) is 0.412. The third-order valence-corrected chi connectivity index (χ3v) is 5.03. The Balaban J connectivity index is 2.22. The van der Waals surface area contributed by atoms with E-state index in [4.69, 9.17) is 0 Å². The molecule has 2 aromatic carbocycles. The van der Waals surface area contributed by atoms with E-state index in [0.717, 1.165) is 22.9 Å². The van der Waals surface area contributed by atoms with Gasteiger partial charge < -0.3 is 10.4 Å². The molecule has 0 aliphatic carbocycles. The van der Waals surface area contributed by atoms with Gasteiger partial charge in [0.1, 0.15) is 5.75 Å². The second kappa shape index (κ2) is 6.06. The van der Waals surface area contributed by atoms with Gasteiger partial charge in [0.2, 0.25) is 0 Å². The smallest absolute Gasteiger partial charge is 0.128 e. The van der Waals surface area contributed by atoms with Crippen LogP contribution in [0.25, 0.3) is 10.8 Å². The van der Waals surface area contributed by atoms with E-state index in [2.05, 4.69) is 38.4 Å². The van der Waals surface area contributed by atoms with Gasteiger partial charge in [0.15, 0.2) is 0 Å². The first-order valence-electron chi connectivity index (χ1n) is 6.94. The molecule has 1 unspecified atom stereocenters. The number of thioether (sulfide) groups is 1. The highest BCUT2D eigenvalue weighted by molar-refractivity contribution is 7.99. The van der Waals surface area contributed by atoms with E-state index in [9.17, 15) is 5.11 Å². The molecule has 2 aromatic rings. The molecule has 0 saturated heterocycles. The molecule has 20 heavy (non-hydrogen) atoms. The molecule has 0 amide bonds. The normalized spacial score (nSPS) is 13.6. The highest BCUT2D eigenvalue weighted by Gasteiger charge is 2.19. The van der Waals surface area contributed by atoms with Crippen LogP contribution in [0.3, 0.4) is 0 Å². The molecule has 2 N–H and O–H groups in total. The Hall–Kier alpha value is -1.19. The van der Waals surface area contributed by atoms with Crippen molar-refractivity contribution in [2.45, 2.75) is 31.6 Å². The lowest BCUT2D eigenvalue weighted by Crippen LogP contribution is -2.33. The van der Waals surface area contributed by atoms with Crippen LogP contribution >= 0.6 is 11.8 Å². The third-order valence-electron chi connectivity index (χ3n) is 3.78. The molecule has 2 rings (SSSR count). The van der Waals surface area contributed by atoms with Crippen molar-refractivity contribution in [2.24, 2.45) is 0 Å². The largest absolute Gasteiger partial charge is 0.507 e. The van der Waals surface area contributed by atoms with E-state index in [1.54, 1.807) is 0 Å². The lowest BCUT2D eigenvalue weighted by atomic mass is 10.0. The number of rotatable bonds is 5. The Morgan fingerprint density at radius 2 is 1.90 bits per heavy atom. The molecule has 0 bridgehead atoms. The van der Waals surface area contributed by atoms with Crippen molar-refractivity contribution in [3.8, 4) is 5.75 Å². The highest BCUT2D eigenvalue weighted by Crippen LogP contribution is 2.32. The van der Waals surface area contributed by atoms with Crippen molar-refractivity contribution in [3.05, 3.63) is 42.0 Å². The maximum Gasteiger partial charge on any atom is 0.128 e. The van der Waals surface area contributed by atoms with Gasteiger partial charge in [-0.25, -0.2) is 0 Å². The molecule has 0 radical (unpaired) electrons. The van der Waals surface area contributed by atoms with Gasteiger partial charge >= 0.3 is 0 Å². The second-order valence-electron chi connectivity index (χ2n) is 5.79. The minimum absolute atomic E-state index is 0.131. The van der Waals surface area contributed by atoms with Gasteiger partial charge in [0.25, 0.3) is 0 Å². The number of hydrogen-bond acceptors (Lipinski definition) is 3. The lowest BCUT2D eigenvalue weighted by Gasteiger charge is -2.25. The lowest BCUT2D eigenvalue weighted by molar-refractivity contribution is 0.453. The van der Waals surface area contributed by atoms with Crippen LogP contribution < -0.4 is 5.32 Å². The Bertz CT molecular complexity index is 595. The zero-order valence-corrected chi connectivity index (χ0v) is 13.4. The van der Waals surface area contributed by atoms with Crippen LogP contribution in [0.4, 0.5) is 0 Å².